The summed E-state index contributed by atoms with van der Waals surface area (Å²) in [4.78, 5) is 12.5. The third-order valence-electron chi connectivity index (χ3n) is 3.67. The maximum atomic E-state index is 14.1. The standard InChI is InChI=1S/C17H16F4N2O3S/c1-11(23(27(2,25)26)15-10-6-4-8-13(15)18)16(24)22-14-9-5-3-7-12(14)17(19,20)21/h3-11H,1-2H3,(H,22,24)/t11-/m0/s1. The molecule has 0 saturated carbocycles. The minimum atomic E-state index is -4.71. The molecule has 10 heteroatoms. The van der Waals surface area contributed by atoms with Crippen LogP contribution in [0.1, 0.15) is 12.5 Å². The van der Waals surface area contributed by atoms with Crippen molar-refractivity contribution >= 4 is 27.3 Å². The van der Waals surface area contributed by atoms with Crippen molar-refractivity contribution in [1.29, 1.82) is 0 Å². The summed E-state index contributed by atoms with van der Waals surface area (Å²) in [5.41, 5.74) is -1.99. The van der Waals surface area contributed by atoms with Crippen LogP contribution in [0.5, 0.6) is 0 Å². The first kappa shape index (κ1) is 20.7. The molecule has 1 amide bonds. The van der Waals surface area contributed by atoms with Gasteiger partial charge in [0.25, 0.3) is 0 Å². The lowest BCUT2D eigenvalue weighted by Crippen LogP contribution is -2.46. The third-order valence-corrected chi connectivity index (χ3v) is 4.90. The lowest BCUT2D eigenvalue weighted by atomic mass is 10.1. The van der Waals surface area contributed by atoms with Crippen molar-refractivity contribution in [3.8, 4) is 0 Å². The van der Waals surface area contributed by atoms with Crippen LogP contribution in [0.4, 0.5) is 28.9 Å². The molecule has 2 aromatic rings. The zero-order chi connectivity index (χ0) is 20.4. The van der Waals surface area contributed by atoms with Crippen LogP contribution in [0.25, 0.3) is 0 Å². The molecule has 0 heterocycles. The minimum absolute atomic E-state index is 0.383. The summed E-state index contributed by atoms with van der Waals surface area (Å²) in [6, 6.07) is 7.65. The van der Waals surface area contributed by atoms with Crippen LogP contribution in [0.3, 0.4) is 0 Å². The van der Waals surface area contributed by atoms with Crippen molar-refractivity contribution < 1.29 is 30.8 Å². The minimum Gasteiger partial charge on any atom is -0.324 e. The van der Waals surface area contributed by atoms with Gasteiger partial charge in [0.05, 0.1) is 23.2 Å². The van der Waals surface area contributed by atoms with Crippen molar-refractivity contribution in [2.75, 3.05) is 15.9 Å². The van der Waals surface area contributed by atoms with E-state index in [1.165, 1.54) is 18.2 Å². The number of carbonyl (C=O) groups excluding carboxylic acids is 1. The van der Waals surface area contributed by atoms with E-state index in [1.54, 1.807) is 0 Å². The Morgan fingerprint density at radius 2 is 1.63 bits per heavy atom. The zero-order valence-electron chi connectivity index (χ0n) is 14.3. The molecule has 27 heavy (non-hydrogen) atoms. The first-order valence-corrected chi connectivity index (χ1v) is 9.49. The molecule has 0 aliphatic heterocycles. The highest BCUT2D eigenvalue weighted by molar-refractivity contribution is 7.92. The molecule has 0 aliphatic carbocycles. The van der Waals surface area contributed by atoms with Crippen LogP contribution >= 0.6 is 0 Å². The normalized spacial score (nSPS) is 13.1. The van der Waals surface area contributed by atoms with Crippen LogP contribution in [0.15, 0.2) is 48.5 Å². The summed E-state index contributed by atoms with van der Waals surface area (Å²) in [7, 11) is -4.11. The average molecular weight is 404 g/mol. The Morgan fingerprint density at radius 1 is 1.07 bits per heavy atom. The Kier molecular flexibility index (Phi) is 5.79. The van der Waals surface area contributed by atoms with Crippen molar-refractivity contribution in [2.45, 2.75) is 19.1 Å². The van der Waals surface area contributed by atoms with Gasteiger partial charge in [0.2, 0.25) is 15.9 Å². The first-order chi connectivity index (χ1) is 12.4. The summed E-state index contributed by atoms with van der Waals surface area (Å²) in [6.07, 6.45) is -3.94. The Labute approximate surface area is 153 Å². The van der Waals surface area contributed by atoms with Gasteiger partial charge in [-0.15, -0.1) is 0 Å². The van der Waals surface area contributed by atoms with Crippen molar-refractivity contribution in [2.24, 2.45) is 0 Å². The van der Waals surface area contributed by atoms with Crippen LogP contribution in [0, 0.1) is 5.82 Å². The fourth-order valence-electron chi connectivity index (χ4n) is 2.49. The average Bonchev–Trinajstić information content (AvgIpc) is 2.55. The van der Waals surface area contributed by atoms with Gasteiger partial charge in [0.1, 0.15) is 11.9 Å². The number of sulfonamides is 1. The van der Waals surface area contributed by atoms with E-state index < -0.39 is 45.2 Å². The van der Waals surface area contributed by atoms with E-state index in [-0.39, 0.29) is 5.69 Å². The number of hydrogen-bond acceptors (Lipinski definition) is 3. The van der Waals surface area contributed by atoms with E-state index in [4.69, 9.17) is 0 Å². The zero-order valence-corrected chi connectivity index (χ0v) is 15.1. The van der Waals surface area contributed by atoms with Gasteiger partial charge in [0.15, 0.2) is 0 Å². The fraction of sp³-hybridized carbons (Fsp3) is 0.235. The van der Waals surface area contributed by atoms with Crippen LogP contribution in [0.2, 0.25) is 0 Å². The molecule has 0 saturated heterocycles. The second-order valence-electron chi connectivity index (χ2n) is 5.72. The summed E-state index contributed by atoms with van der Waals surface area (Å²) in [6.45, 7) is 1.15. The second kappa shape index (κ2) is 7.55. The highest BCUT2D eigenvalue weighted by Crippen LogP contribution is 2.35. The maximum absolute atomic E-state index is 14.1. The van der Waals surface area contributed by atoms with E-state index in [2.05, 4.69) is 5.32 Å². The van der Waals surface area contributed by atoms with Gasteiger partial charge in [-0.05, 0) is 31.2 Å². The van der Waals surface area contributed by atoms with E-state index in [0.717, 1.165) is 43.5 Å². The highest BCUT2D eigenvalue weighted by Gasteiger charge is 2.35. The number of halogens is 4. The molecule has 0 bridgehead atoms. The molecular weight excluding hydrogens is 388 g/mol. The number of rotatable bonds is 5. The van der Waals surface area contributed by atoms with Gasteiger partial charge in [-0.1, -0.05) is 24.3 Å². The van der Waals surface area contributed by atoms with E-state index in [1.807, 2.05) is 0 Å². The number of amides is 1. The predicted octanol–water partition coefficient (Wildman–Crippen LogP) is 3.64. The van der Waals surface area contributed by atoms with Crippen molar-refractivity contribution in [3.05, 3.63) is 59.9 Å². The highest BCUT2D eigenvalue weighted by atomic mass is 32.2. The molecule has 0 fully saturated rings. The molecule has 1 N–H and O–H groups in total. The summed E-state index contributed by atoms with van der Waals surface area (Å²) in [5.74, 6) is -1.93. The Balaban J connectivity index is 2.39. The molecule has 0 aromatic heterocycles. The Morgan fingerprint density at radius 3 is 2.19 bits per heavy atom. The number of para-hydroxylation sites is 2. The molecule has 0 aliphatic rings. The number of hydrogen-bond donors (Lipinski definition) is 1. The predicted molar refractivity (Wildman–Crippen MR) is 93.3 cm³/mol. The Hall–Kier alpha value is -2.62. The molecule has 0 spiro atoms. The lowest BCUT2D eigenvalue weighted by molar-refractivity contribution is -0.137. The Bertz CT molecular complexity index is 945. The molecular formula is C17H16F4N2O3S. The van der Waals surface area contributed by atoms with Crippen LogP contribution in [-0.4, -0.2) is 26.6 Å². The molecule has 0 unspecified atom stereocenters. The topological polar surface area (TPSA) is 66.5 Å². The number of alkyl halides is 3. The SMILES string of the molecule is C[C@@H](C(=O)Nc1ccccc1C(F)(F)F)N(c1ccccc1F)S(C)(=O)=O. The second-order valence-corrected chi connectivity index (χ2v) is 7.58. The van der Waals surface area contributed by atoms with Crippen LogP contribution in [-0.2, 0) is 21.0 Å². The molecule has 2 rings (SSSR count). The number of anilines is 2. The number of carbonyl (C=O) groups is 1. The van der Waals surface area contributed by atoms with Gasteiger partial charge in [-0.25, -0.2) is 12.8 Å². The smallest absolute Gasteiger partial charge is 0.324 e. The van der Waals surface area contributed by atoms with E-state index in [9.17, 15) is 30.8 Å². The molecule has 146 valence electrons. The number of benzene rings is 2. The van der Waals surface area contributed by atoms with Crippen LogP contribution < -0.4 is 9.62 Å². The molecule has 1 atom stereocenters. The summed E-state index contributed by atoms with van der Waals surface area (Å²) in [5, 5.41) is 2.07. The van der Waals surface area contributed by atoms with E-state index >= 15 is 0 Å². The van der Waals surface area contributed by atoms with Crippen molar-refractivity contribution in [1.82, 2.24) is 0 Å². The number of nitrogens with zero attached hydrogens (tertiary/aromatic N) is 1. The van der Waals surface area contributed by atoms with Crippen molar-refractivity contribution in [3.63, 3.8) is 0 Å². The quantitative estimate of drug-likeness (QED) is 0.774. The monoisotopic (exact) mass is 404 g/mol. The van der Waals surface area contributed by atoms with Gasteiger partial charge in [0, 0.05) is 0 Å². The lowest BCUT2D eigenvalue weighted by Gasteiger charge is -2.28. The summed E-state index contributed by atoms with van der Waals surface area (Å²) < 4.78 is 78.0. The maximum Gasteiger partial charge on any atom is 0.418 e. The molecule has 5 nitrogen and oxygen atoms in total. The van der Waals surface area contributed by atoms with E-state index in [0.29, 0.717) is 4.31 Å². The fourth-order valence-corrected chi connectivity index (χ4v) is 3.66. The number of nitrogens with one attached hydrogen (secondary N) is 1. The first-order valence-electron chi connectivity index (χ1n) is 7.64. The van der Waals surface area contributed by atoms with Gasteiger partial charge < -0.3 is 5.32 Å². The largest absolute Gasteiger partial charge is 0.418 e. The van der Waals surface area contributed by atoms with Gasteiger partial charge >= 0.3 is 6.18 Å². The van der Waals surface area contributed by atoms with Gasteiger partial charge in [-0.3, -0.25) is 9.10 Å². The summed E-state index contributed by atoms with van der Waals surface area (Å²) >= 11 is 0. The third kappa shape index (κ3) is 4.76. The molecule has 2 aromatic carbocycles. The molecule has 0 radical (unpaired) electrons. The van der Waals surface area contributed by atoms with Gasteiger partial charge in [-0.2, -0.15) is 13.2 Å².